The third-order valence-electron chi connectivity index (χ3n) is 3.14. The van der Waals surface area contributed by atoms with Crippen molar-refractivity contribution >= 4 is 17.0 Å². The number of para-hydroxylation sites is 1. The Hall–Kier alpha value is -2.61. The lowest BCUT2D eigenvalue weighted by atomic mass is 10.1. The molecule has 0 amide bonds. The lowest BCUT2D eigenvalue weighted by Gasteiger charge is -2.07. The van der Waals surface area contributed by atoms with Gasteiger partial charge in [0.1, 0.15) is 5.75 Å². The molecule has 92 valence electrons. The molecule has 2 aromatic carbocycles. The number of hydrogen-bond acceptors (Lipinski definition) is 2. The van der Waals surface area contributed by atoms with Crippen LogP contribution in [0.5, 0.6) is 5.75 Å². The lowest BCUT2D eigenvalue weighted by molar-refractivity contribution is 0.481. The molecular formula is C17H13NO. The normalized spacial score (nSPS) is 10.5. The molecule has 0 aliphatic carbocycles. The van der Waals surface area contributed by atoms with Gasteiger partial charge in [-0.05, 0) is 6.07 Å². The van der Waals surface area contributed by atoms with E-state index in [1.165, 1.54) is 0 Å². The van der Waals surface area contributed by atoms with Crippen LogP contribution in [0.25, 0.3) is 28.2 Å². The molecule has 0 unspecified atom stereocenters. The SMILES string of the molecule is C=Cc1cccc2c(O)cc(-c3ccccc3)nc12. The maximum absolute atomic E-state index is 10.2. The Balaban J connectivity index is 2.32. The highest BCUT2D eigenvalue weighted by Gasteiger charge is 2.08. The molecule has 1 N–H and O–H groups in total. The molecule has 0 aliphatic heterocycles. The molecule has 2 heteroatoms. The van der Waals surface area contributed by atoms with Gasteiger partial charge in [-0.3, -0.25) is 0 Å². The molecule has 0 fully saturated rings. The Kier molecular flexibility index (Phi) is 2.76. The van der Waals surface area contributed by atoms with Gasteiger partial charge in [0.05, 0.1) is 11.2 Å². The second kappa shape index (κ2) is 4.58. The quantitative estimate of drug-likeness (QED) is 0.734. The van der Waals surface area contributed by atoms with E-state index in [4.69, 9.17) is 0 Å². The number of fused-ring (bicyclic) bond motifs is 1. The van der Waals surface area contributed by atoms with Crippen LogP contribution in [0, 0.1) is 0 Å². The molecule has 1 heterocycles. The molecule has 0 aliphatic rings. The third-order valence-corrected chi connectivity index (χ3v) is 3.14. The van der Waals surface area contributed by atoms with Gasteiger partial charge in [0, 0.05) is 22.6 Å². The van der Waals surface area contributed by atoms with Gasteiger partial charge in [-0.2, -0.15) is 0 Å². The minimum atomic E-state index is 0.243. The van der Waals surface area contributed by atoms with Gasteiger partial charge in [0.15, 0.2) is 0 Å². The van der Waals surface area contributed by atoms with E-state index in [1.807, 2.05) is 48.5 Å². The smallest absolute Gasteiger partial charge is 0.127 e. The van der Waals surface area contributed by atoms with Crippen molar-refractivity contribution in [2.24, 2.45) is 0 Å². The first-order chi connectivity index (χ1) is 9.29. The fourth-order valence-electron chi connectivity index (χ4n) is 2.17. The number of aromatic nitrogens is 1. The summed E-state index contributed by atoms with van der Waals surface area (Å²) in [4.78, 5) is 4.65. The summed E-state index contributed by atoms with van der Waals surface area (Å²) in [5.41, 5.74) is 3.44. The van der Waals surface area contributed by atoms with Crippen LogP contribution in [-0.4, -0.2) is 10.1 Å². The highest BCUT2D eigenvalue weighted by molar-refractivity contribution is 5.93. The van der Waals surface area contributed by atoms with Gasteiger partial charge >= 0.3 is 0 Å². The zero-order valence-corrected chi connectivity index (χ0v) is 10.4. The predicted octanol–water partition coefficient (Wildman–Crippen LogP) is 4.25. The number of nitrogens with zero attached hydrogens (tertiary/aromatic N) is 1. The van der Waals surface area contributed by atoms with E-state index >= 15 is 0 Å². The van der Waals surface area contributed by atoms with Crippen molar-refractivity contribution in [2.75, 3.05) is 0 Å². The number of benzene rings is 2. The van der Waals surface area contributed by atoms with Gasteiger partial charge < -0.3 is 5.11 Å². The van der Waals surface area contributed by atoms with Crippen LogP contribution in [0.2, 0.25) is 0 Å². The molecule has 0 atom stereocenters. The van der Waals surface area contributed by atoms with Crippen molar-refractivity contribution in [3.8, 4) is 17.0 Å². The summed E-state index contributed by atoms with van der Waals surface area (Å²) in [5.74, 6) is 0.243. The molecule has 0 radical (unpaired) electrons. The molecule has 3 aromatic rings. The summed E-state index contributed by atoms with van der Waals surface area (Å²) < 4.78 is 0. The van der Waals surface area contributed by atoms with E-state index in [1.54, 1.807) is 12.1 Å². The average molecular weight is 247 g/mol. The molecule has 2 nitrogen and oxygen atoms in total. The summed E-state index contributed by atoms with van der Waals surface area (Å²) in [7, 11) is 0. The minimum Gasteiger partial charge on any atom is -0.507 e. The van der Waals surface area contributed by atoms with Gasteiger partial charge in [-0.25, -0.2) is 4.98 Å². The second-order valence-corrected chi connectivity index (χ2v) is 4.34. The van der Waals surface area contributed by atoms with E-state index < -0.39 is 0 Å². The van der Waals surface area contributed by atoms with E-state index in [0.29, 0.717) is 0 Å². The maximum atomic E-state index is 10.2. The third kappa shape index (κ3) is 1.97. The summed E-state index contributed by atoms with van der Waals surface area (Å²) in [6, 6.07) is 17.2. The van der Waals surface area contributed by atoms with Crippen LogP contribution in [0.4, 0.5) is 0 Å². The largest absolute Gasteiger partial charge is 0.507 e. The number of hydrogen-bond donors (Lipinski definition) is 1. The fourth-order valence-corrected chi connectivity index (χ4v) is 2.17. The van der Waals surface area contributed by atoms with Crippen LogP contribution in [-0.2, 0) is 0 Å². The van der Waals surface area contributed by atoms with Gasteiger partial charge in [-0.1, -0.05) is 55.1 Å². The summed E-state index contributed by atoms with van der Waals surface area (Å²) in [6.07, 6.45) is 1.75. The fraction of sp³-hybridized carbons (Fsp3) is 0. The van der Waals surface area contributed by atoms with Crippen molar-refractivity contribution < 1.29 is 5.11 Å². The van der Waals surface area contributed by atoms with Gasteiger partial charge in [-0.15, -0.1) is 0 Å². The Bertz CT molecular complexity index is 748. The van der Waals surface area contributed by atoms with Crippen LogP contribution >= 0.6 is 0 Å². The topological polar surface area (TPSA) is 33.1 Å². The number of rotatable bonds is 2. The van der Waals surface area contributed by atoms with Crippen LogP contribution < -0.4 is 0 Å². The van der Waals surface area contributed by atoms with E-state index in [9.17, 15) is 5.11 Å². The molecular weight excluding hydrogens is 234 g/mol. The molecule has 0 saturated heterocycles. The van der Waals surface area contributed by atoms with E-state index in [-0.39, 0.29) is 5.75 Å². The Morgan fingerprint density at radius 3 is 2.53 bits per heavy atom. The number of aromatic hydroxyl groups is 1. The van der Waals surface area contributed by atoms with Gasteiger partial charge in [0.25, 0.3) is 0 Å². The van der Waals surface area contributed by atoms with E-state index in [2.05, 4.69) is 11.6 Å². The van der Waals surface area contributed by atoms with Crippen LogP contribution in [0.1, 0.15) is 5.56 Å². The van der Waals surface area contributed by atoms with E-state index in [0.717, 1.165) is 27.7 Å². The van der Waals surface area contributed by atoms with Crippen molar-refractivity contribution in [3.63, 3.8) is 0 Å². The zero-order valence-electron chi connectivity index (χ0n) is 10.4. The highest BCUT2D eigenvalue weighted by atomic mass is 16.3. The molecule has 0 saturated carbocycles. The first-order valence-corrected chi connectivity index (χ1v) is 6.10. The second-order valence-electron chi connectivity index (χ2n) is 4.34. The molecule has 3 rings (SSSR count). The average Bonchev–Trinajstić information content (AvgIpc) is 2.47. The molecule has 0 spiro atoms. The first-order valence-electron chi connectivity index (χ1n) is 6.10. The first kappa shape index (κ1) is 11.5. The highest BCUT2D eigenvalue weighted by Crippen LogP contribution is 2.30. The lowest BCUT2D eigenvalue weighted by Crippen LogP contribution is -1.88. The summed E-state index contributed by atoms with van der Waals surface area (Å²) in [6.45, 7) is 3.79. The maximum Gasteiger partial charge on any atom is 0.127 e. The van der Waals surface area contributed by atoms with Crippen molar-refractivity contribution in [1.29, 1.82) is 0 Å². The Morgan fingerprint density at radius 1 is 1.00 bits per heavy atom. The molecule has 0 bridgehead atoms. The van der Waals surface area contributed by atoms with Gasteiger partial charge in [0.2, 0.25) is 0 Å². The predicted molar refractivity (Wildman–Crippen MR) is 78.9 cm³/mol. The molecule has 1 aromatic heterocycles. The summed E-state index contributed by atoms with van der Waals surface area (Å²) in [5, 5.41) is 10.9. The van der Waals surface area contributed by atoms with Crippen molar-refractivity contribution in [3.05, 3.63) is 66.7 Å². The Labute approximate surface area is 111 Å². The van der Waals surface area contributed by atoms with Crippen molar-refractivity contribution in [1.82, 2.24) is 4.98 Å². The molecule has 19 heavy (non-hydrogen) atoms. The number of pyridine rings is 1. The Morgan fingerprint density at radius 2 is 1.79 bits per heavy atom. The minimum absolute atomic E-state index is 0.243. The zero-order chi connectivity index (χ0) is 13.2. The summed E-state index contributed by atoms with van der Waals surface area (Å²) >= 11 is 0. The van der Waals surface area contributed by atoms with Crippen LogP contribution in [0.3, 0.4) is 0 Å². The monoisotopic (exact) mass is 247 g/mol. The van der Waals surface area contributed by atoms with Crippen LogP contribution in [0.15, 0.2) is 61.2 Å². The van der Waals surface area contributed by atoms with Crippen molar-refractivity contribution in [2.45, 2.75) is 0 Å². The standard InChI is InChI=1S/C17H13NO/c1-2-12-9-6-10-14-16(19)11-15(18-17(12)14)13-7-4-3-5-8-13/h2-11H,1H2,(H,18,19).